The fourth-order valence-corrected chi connectivity index (χ4v) is 1.40. The number of aryl methyl sites for hydroxylation is 2. The van der Waals surface area contributed by atoms with Gasteiger partial charge in [0.2, 0.25) is 5.95 Å². The summed E-state index contributed by atoms with van der Waals surface area (Å²) in [6, 6.07) is 1.05. The average Bonchev–Trinajstić information content (AvgIpc) is 2.27. The Kier molecular flexibility index (Phi) is 3.99. The van der Waals surface area contributed by atoms with E-state index in [2.05, 4.69) is 14.7 Å². The van der Waals surface area contributed by atoms with E-state index in [1.807, 2.05) is 6.19 Å². The summed E-state index contributed by atoms with van der Waals surface area (Å²) in [6.45, 7) is 5.17. The standard InChI is InChI=1S/C11H14N4O2/c1-7-5-8(2)14-11(13-7)15(6-12)9(3)10(16)17-4/h5,9H,1-4H3/t9-/m1/s1. The van der Waals surface area contributed by atoms with E-state index < -0.39 is 12.0 Å². The summed E-state index contributed by atoms with van der Waals surface area (Å²) in [4.78, 5) is 20.8. The summed E-state index contributed by atoms with van der Waals surface area (Å²) in [7, 11) is 1.27. The molecule has 0 aliphatic heterocycles. The number of nitriles is 1. The molecule has 90 valence electrons. The van der Waals surface area contributed by atoms with Gasteiger partial charge in [-0.05, 0) is 26.8 Å². The van der Waals surface area contributed by atoms with Crippen molar-refractivity contribution >= 4 is 11.9 Å². The van der Waals surface area contributed by atoms with Crippen LogP contribution in [0.25, 0.3) is 0 Å². The molecule has 0 aliphatic carbocycles. The summed E-state index contributed by atoms with van der Waals surface area (Å²) < 4.78 is 4.59. The minimum atomic E-state index is -0.744. The molecule has 0 bridgehead atoms. The molecule has 0 saturated heterocycles. The van der Waals surface area contributed by atoms with E-state index in [1.165, 1.54) is 7.11 Å². The molecular formula is C11H14N4O2. The summed E-state index contributed by atoms with van der Waals surface area (Å²) >= 11 is 0. The van der Waals surface area contributed by atoms with Crippen LogP contribution in [0.5, 0.6) is 0 Å². The van der Waals surface area contributed by atoms with Crippen molar-refractivity contribution in [3.8, 4) is 6.19 Å². The van der Waals surface area contributed by atoms with E-state index in [1.54, 1.807) is 26.8 Å². The van der Waals surface area contributed by atoms with Crippen molar-refractivity contribution in [1.82, 2.24) is 9.97 Å². The van der Waals surface area contributed by atoms with Crippen molar-refractivity contribution in [2.75, 3.05) is 12.0 Å². The lowest BCUT2D eigenvalue weighted by Crippen LogP contribution is -2.37. The van der Waals surface area contributed by atoms with Crippen LogP contribution in [-0.4, -0.2) is 29.1 Å². The van der Waals surface area contributed by atoms with Gasteiger partial charge in [-0.25, -0.2) is 19.7 Å². The molecule has 6 heteroatoms. The molecule has 1 aromatic rings. The fourth-order valence-electron chi connectivity index (χ4n) is 1.40. The first-order chi connectivity index (χ1) is 7.99. The number of nitrogens with zero attached hydrogens (tertiary/aromatic N) is 4. The lowest BCUT2D eigenvalue weighted by atomic mass is 10.3. The van der Waals surface area contributed by atoms with Gasteiger partial charge < -0.3 is 4.74 Å². The van der Waals surface area contributed by atoms with Crippen molar-refractivity contribution in [1.29, 1.82) is 5.26 Å². The highest BCUT2D eigenvalue weighted by Gasteiger charge is 2.24. The van der Waals surface area contributed by atoms with E-state index in [0.717, 1.165) is 16.3 Å². The van der Waals surface area contributed by atoms with Gasteiger partial charge in [-0.3, -0.25) is 0 Å². The SMILES string of the molecule is COC(=O)[C@@H](C)N(C#N)c1nc(C)cc(C)n1. The van der Waals surface area contributed by atoms with E-state index in [4.69, 9.17) is 5.26 Å². The number of hydrogen-bond acceptors (Lipinski definition) is 6. The second-order valence-electron chi connectivity index (χ2n) is 3.62. The van der Waals surface area contributed by atoms with Crippen LogP contribution in [0.4, 0.5) is 5.95 Å². The topological polar surface area (TPSA) is 79.1 Å². The number of carbonyl (C=O) groups is 1. The molecule has 6 nitrogen and oxygen atoms in total. The minimum Gasteiger partial charge on any atom is -0.467 e. The highest BCUT2D eigenvalue weighted by Crippen LogP contribution is 2.13. The quantitative estimate of drug-likeness (QED) is 0.440. The van der Waals surface area contributed by atoms with Gasteiger partial charge in [-0.2, -0.15) is 5.26 Å². The fraction of sp³-hybridized carbons (Fsp3) is 0.455. The molecule has 0 amide bonds. The number of methoxy groups -OCH3 is 1. The third-order valence-corrected chi connectivity index (χ3v) is 2.22. The van der Waals surface area contributed by atoms with Crippen LogP contribution in [0.15, 0.2) is 6.07 Å². The van der Waals surface area contributed by atoms with Crippen LogP contribution < -0.4 is 4.90 Å². The normalized spacial score (nSPS) is 11.5. The van der Waals surface area contributed by atoms with Crippen LogP contribution in [0, 0.1) is 25.3 Å². The largest absolute Gasteiger partial charge is 0.467 e. The second-order valence-corrected chi connectivity index (χ2v) is 3.62. The van der Waals surface area contributed by atoms with Crippen molar-refractivity contribution in [3.05, 3.63) is 17.5 Å². The maximum atomic E-state index is 11.4. The van der Waals surface area contributed by atoms with E-state index in [-0.39, 0.29) is 5.95 Å². The van der Waals surface area contributed by atoms with E-state index >= 15 is 0 Å². The molecule has 0 aromatic carbocycles. The molecule has 0 saturated carbocycles. The minimum absolute atomic E-state index is 0.211. The smallest absolute Gasteiger partial charge is 0.329 e. The Labute approximate surface area is 99.9 Å². The lowest BCUT2D eigenvalue weighted by molar-refractivity contribution is -0.141. The molecule has 1 heterocycles. The van der Waals surface area contributed by atoms with Gasteiger partial charge in [0.05, 0.1) is 7.11 Å². The monoisotopic (exact) mass is 234 g/mol. The number of carbonyl (C=O) groups excluding carboxylic acids is 1. The summed E-state index contributed by atoms with van der Waals surface area (Å²) in [5.74, 6) is -0.294. The van der Waals surface area contributed by atoms with Gasteiger partial charge in [-0.1, -0.05) is 0 Å². The summed E-state index contributed by atoms with van der Waals surface area (Å²) in [5, 5.41) is 9.06. The molecule has 0 N–H and O–H groups in total. The zero-order valence-corrected chi connectivity index (χ0v) is 10.3. The highest BCUT2D eigenvalue weighted by molar-refractivity contribution is 5.79. The van der Waals surface area contributed by atoms with Crippen LogP contribution in [0.1, 0.15) is 18.3 Å². The number of ether oxygens (including phenoxy) is 1. The Morgan fingerprint density at radius 2 is 2.00 bits per heavy atom. The lowest BCUT2D eigenvalue weighted by Gasteiger charge is -2.19. The van der Waals surface area contributed by atoms with Gasteiger partial charge in [-0.15, -0.1) is 0 Å². The van der Waals surface area contributed by atoms with Gasteiger partial charge >= 0.3 is 5.97 Å². The van der Waals surface area contributed by atoms with Crippen molar-refractivity contribution in [3.63, 3.8) is 0 Å². The number of hydrogen-bond donors (Lipinski definition) is 0. The molecule has 0 radical (unpaired) electrons. The number of aromatic nitrogens is 2. The zero-order chi connectivity index (χ0) is 13.0. The van der Waals surface area contributed by atoms with E-state index in [9.17, 15) is 4.79 Å². The molecule has 1 atom stereocenters. The van der Waals surface area contributed by atoms with E-state index in [0.29, 0.717) is 0 Å². The average molecular weight is 234 g/mol. The van der Waals surface area contributed by atoms with Gasteiger partial charge in [0.15, 0.2) is 6.19 Å². The van der Waals surface area contributed by atoms with Gasteiger partial charge in [0.25, 0.3) is 0 Å². The first kappa shape index (κ1) is 12.9. The van der Waals surface area contributed by atoms with Gasteiger partial charge in [0.1, 0.15) is 6.04 Å². The Morgan fingerprint density at radius 3 is 2.41 bits per heavy atom. The molecule has 0 aliphatic rings. The molecule has 1 rings (SSSR count). The summed E-state index contributed by atoms with van der Waals surface area (Å²) in [6.07, 6.45) is 1.90. The zero-order valence-electron chi connectivity index (χ0n) is 10.3. The van der Waals surface area contributed by atoms with Crippen LogP contribution in [0.3, 0.4) is 0 Å². The molecular weight excluding hydrogens is 220 g/mol. The Hall–Kier alpha value is -2.16. The Morgan fingerprint density at radius 1 is 1.47 bits per heavy atom. The van der Waals surface area contributed by atoms with Crippen LogP contribution >= 0.6 is 0 Å². The van der Waals surface area contributed by atoms with Crippen molar-refractivity contribution < 1.29 is 9.53 Å². The molecule has 17 heavy (non-hydrogen) atoms. The maximum Gasteiger partial charge on any atom is 0.329 e. The first-order valence-corrected chi connectivity index (χ1v) is 5.08. The predicted molar refractivity (Wildman–Crippen MR) is 61.1 cm³/mol. The first-order valence-electron chi connectivity index (χ1n) is 5.08. The Balaban J connectivity index is 3.10. The maximum absolute atomic E-state index is 11.4. The van der Waals surface area contributed by atoms with Gasteiger partial charge in [0, 0.05) is 11.4 Å². The number of esters is 1. The van der Waals surface area contributed by atoms with Crippen molar-refractivity contribution in [2.45, 2.75) is 26.8 Å². The summed E-state index contributed by atoms with van der Waals surface area (Å²) in [5.41, 5.74) is 1.48. The molecule has 0 spiro atoms. The predicted octanol–water partition coefficient (Wildman–Crippen LogP) is 0.942. The molecule has 0 unspecified atom stereocenters. The highest BCUT2D eigenvalue weighted by atomic mass is 16.5. The third-order valence-electron chi connectivity index (χ3n) is 2.22. The Bertz CT molecular complexity index is 447. The third kappa shape index (κ3) is 2.91. The molecule has 1 aromatic heterocycles. The second kappa shape index (κ2) is 5.25. The molecule has 0 fully saturated rings. The number of rotatable bonds is 3. The van der Waals surface area contributed by atoms with Crippen LogP contribution in [-0.2, 0) is 9.53 Å². The van der Waals surface area contributed by atoms with Crippen molar-refractivity contribution in [2.24, 2.45) is 0 Å². The van der Waals surface area contributed by atoms with Crippen LogP contribution in [0.2, 0.25) is 0 Å². The number of anilines is 1.